The van der Waals surface area contributed by atoms with E-state index in [0.29, 0.717) is 20.7 Å². The Morgan fingerprint density at radius 2 is 1.88 bits per heavy atom. The molecule has 4 rings (SSSR count). The van der Waals surface area contributed by atoms with Gasteiger partial charge in [0.2, 0.25) is 0 Å². The molecular weight excluding hydrogens is 366 g/mol. The first-order valence-corrected chi connectivity index (χ1v) is 9.01. The molecule has 0 bridgehead atoms. The Balaban J connectivity index is 1.71. The van der Waals surface area contributed by atoms with Gasteiger partial charge in [-0.15, -0.1) is 0 Å². The first kappa shape index (κ1) is 16.7. The summed E-state index contributed by atoms with van der Waals surface area (Å²) in [7, 11) is 1.57. The Kier molecular flexibility index (Phi) is 4.40. The van der Waals surface area contributed by atoms with Gasteiger partial charge in [-0.05, 0) is 35.9 Å². The molecule has 2 heterocycles. The van der Waals surface area contributed by atoms with E-state index in [0.717, 1.165) is 16.6 Å². The molecule has 1 aliphatic heterocycles. The molecule has 7 heteroatoms. The molecule has 26 heavy (non-hydrogen) atoms. The minimum atomic E-state index is -0.163. The number of amides is 1. The number of aromatic nitrogens is 2. The number of hydrogen-bond donors (Lipinski definition) is 0. The Labute approximate surface area is 159 Å². The highest BCUT2D eigenvalue weighted by atomic mass is 32.2. The van der Waals surface area contributed by atoms with Crippen molar-refractivity contribution in [2.24, 2.45) is 0 Å². The van der Waals surface area contributed by atoms with Gasteiger partial charge in [-0.2, -0.15) is 0 Å². The molecule has 0 radical (unpaired) electrons. The number of rotatable bonds is 3. The quantitative estimate of drug-likeness (QED) is 0.506. The number of anilines is 1. The van der Waals surface area contributed by atoms with Gasteiger partial charge in [-0.3, -0.25) is 19.7 Å². The highest BCUT2D eigenvalue weighted by Crippen LogP contribution is 2.39. The van der Waals surface area contributed by atoms with Crippen LogP contribution >= 0.6 is 24.0 Å². The summed E-state index contributed by atoms with van der Waals surface area (Å²) in [5.41, 5.74) is 3.11. The number of benzene rings is 2. The van der Waals surface area contributed by atoms with Gasteiger partial charge >= 0.3 is 0 Å². The van der Waals surface area contributed by atoms with Crippen LogP contribution in [0.5, 0.6) is 5.75 Å². The molecule has 1 aromatic heterocycles. The number of fused-ring (bicyclic) bond motifs is 1. The van der Waals surface area contributed by atoms with Crippen molar-refractivity contribution in [1.29, 1.82) is 0 Å². The SMILES string of the molecule is COc1ccccc1N1C(=O)/C(=C/c2ccc3nccnc3c2)SC1=S. The van der Waals surface area contributed by atoms with Crippen LogP contribution in [0.2, 0.25) is 0 Å². The van der Waals surface area contributed by atoms with Crippen LogP contribution in [0.4, 0.5) is 5.69 Å². The fraction of sp³-hybridized carbons (Fsp3) is 0.0526. The second-order valence-electron chi connectivity index (χ2n) is 5.49. The molecule has 0 unspecified atom stereocenters. The maximum atomic E-state index is 12.9. The average Bonchev–Trinajstić information content (AvgIpc) is 2.94. The molecule has 2 aromatic carbocycles. The van der Waals surface area contributed by atoms with Gasteiger partial charge in [0, 0.05) is 12.4 Å². The molecule has 1 aliphatic rings. The second kappa shape index (κ2) is 6.86. The molecule has 128 valence electrons. The second-order valence-corrected chi connectivity index (χ2v) is 7.17. The fourth-order valence-electron chi connectivity index (χ4n) is 2.71. The first-order chi connectivity index (χ1) is 12.7. The van der Waals surface area contributed by atoms with Crippen molar-refractivity contribution >= 4 is 57.0 Å². The van der Waals surface area contributed by atoms with E-state index in [1.807, 2.05) is 42.5 Å². The van der Waals surface area contributed by atoms with Crippen LogP contribution in [0.1, 0.15) is 5.56 Å². The van der Waals surface area contributed by atoms with Crippen LogP contribution in [0.25, 0.3) is 17.1 Å². The summed E-state index contributed by atoms with van der Waals surface area (Å²) in [4.78, 5) is 23.5. The summed E-state index contributed by atoms with van der Waals surface area (Å²) in [5.74, 6) is 0.440. The molecule has 1 fully saturated rings. The molecule has 0 atom stereocenters. The molecule has 0 N–H and O–H groups in total. The predicted octanol–water partition coefficient (Wildman–Crippen LogP) is 4.04. The van der Waals surface area contributed by atoms with Gasteiger partial charge in [0.15, 0.2) is 4.32 Å². The Morgan fingerprint density at radius 3 is 2.69 bits per heavy atom. The van der Waals surface area contributed by atoms with Crippen molar-refractivity contribution in [2.45, 2.75) is 0 Å². The summed E-state index contributed by atoms with van der Waals surface area (Å²) in [6.45, 7) is 0. The van der Waals surface area contributed by atoms with Crippen molar-refractivity contribution in [3.05, 3.63) is 65.3 Å². The molecule has 0 saturated carbocycles. The molecule has 5 nitrogen and oxygen atoms in total. The standard InChI is InChI=1S/C19H13N3O2S2/c1-24-16-5-3-2-4-15(16)22-18(23)17(26-19(22)25)11-12-6-7-13-14(10-12)21-9-8-20-13/h2-11H,1H3/b17-11-. The smallest absolute Gasteiger partial charge is 0.270 e. The Bertz CT molecular complexity index is 1070. The zero-order valence-electron chi connectivity index (χ0n) is 13.7. The molecule has 0 spiro atoms. The van der Waals surface area contributed by atoms with E-state index in [2.05, 4.69) is 9.97 Å². The van der Waals surface area contributed by atoms with Crippen LogP contribution in [0, 0.1) is 0 Å². The van der Waals surface area contributed by atoms with E-state index in [9.17, 15) is 4.79 Å². The third kappa shape index (κ3) is 2.95. The van der Waals surface area contributed by atoms with Crippen LogP contribution in [-0.2, 0) is 4.79 Å². The molecule has 1 saturated heterocycles. The average molecular weight is 379 g/mol. The lowest BCUT2D eigenvalue weighted by atomic mass is 10.1. The summed E-state index contributed by atoms with van der Waals surface area (Å²) < 4.78 is 5.84. The lowest BCUT2D eigenvalue weighted by Crippen LogP contribution is -2.27. The van der Waals surface area contributed by atoms with Gasteiger partial charge < -0.3 is 4.74 Å². The van der Waals surface area contributed by atoms with Gasteiger partial charge in [0.25, 0.3) is 5.91 Å². The number of methoxy groups -OCH3 is 1. The van der Waals surface area contributed by atoms with Crippen LogP contribution in [0.3, 0.4) is 0 Å². The number of nitrogens with zero attached hydrogens (tertiary/aromatic N) is 3. The van der Waals surface area contributed by atoms with Gasteiger partial charge in [-0.25, -0.2) is 0 Å². The van der Waals surface area contributed by atoms with Crippen LogP contribution < -0.4 is 9.64 Å². The highest BCUT2D eigenvalue weighted by Gasteiger charge is 2.34. The summed E-state index contributed by atoms with van der Waals surface area (Å²) in [6, 6.07) is 13.0. The van der Waals surface area contributed by atoms with E-state index >= 15 is 0 Å². The maximum absolute atomic E-state index is 12.9. The minimum Gasteiger partial charge on any atom is -0.495 e. The number of thiocarbonyl (C=S) groups is 1. The molecule has 1 amide bonds. The predicted molar refractivity (Wildman–Crippen MR) is 108 cm³/mol. The third-order valence-corrected chi connectivity index (χ3v) is 5.21. The molecule has 3 aromatic rings. The topological polar surface area (TPSA) is 55.3 Å². The first-order valence-electron chi connectivity index (χ1n) is 7.79. The third-order valence-electron chi connectivity index (χ3n) is 3.91. The van der Waals surface area contributed by atoms with E-state index in [1.165, 1.54) is 16.7 Å². The van der Waals surface area contributed by atoms with Crippen molar-refractivity contribution in [3.63, 3.8) is 0 Å². The van der Waals surface area contributed by atoms with E-state index in [-0.39, 0.29) is 5.91 Å². The normalized spacial score (nSPS) is 15.9. The number of hydrogen-bond acceptors (Lipinski definition) is 6. The highest BCUT2D eigenvalue weighted by molar-refractivity contribution is 8.27. The lowest BCUT2D eigenvalue weighted by Gasteiger charge is -2.17. The Hall–Kier alpha value is -2.77. The van der Waals surface area contributed by atoms with Gasteiger partial charge in [0.05, 0.1) is 28.7 Å². The number of thioether (sulfide) groups is 1. The maximum Gasteiger partial charge on any atom is 0.270 e. The minimum absolute atomic E-state index is 0.163. The largest absolute Gasteiger partial charge is 0.495 e. The van der Waals surface area contributed by atoms with Crippen LogP contribution in [-0.4, -0.2) is 27.3 Å². The Morgan fingerprint density at radius 1 is 1.12 bits per heavy atom. The number of para-hydroxylation sites is 2. The van der Waals surface area contributed by atoms with E-state index in [1.54, 1.807) is 25.6 Å². The van der Waals surface area contributed by atoms with E-state index in [4.69, 9.17) is 17.0 Å². The van der Waals surface area contributed by atoms with Crippen molar-refractivity contribution < 1.29 is 9.53 Å². The number of carbonyl (C=O) groups is 1. The lowest BCUT2D eigenvalue weighted by molar-refractivity contribution is -0.113. The molecule has 0 aliphatic carbocycles. The monoisotopic (exact) mass is 379 g/mol. The molecular formula is C19H13N3O2S2. The number of ether oxygens (including phenoxy) is 1. The van der Waals surface area contributed by atoms with Crippen molar-refractivity contribution in [2.75, 3.05) is 12.0 Å². The fourth-order valence-corrected chi connectivity index (χ4v) is 4.00. The van der Waals surface area contributed by atoms with Crippen molar-refractivity contribution in [1.82, 2.24) is 9.97 Å². The summed E-state index contributed by atoms with van der Waals surface area (Å²) in [6.07, 6.45) is 5.12. The summed E-state index contributed by atoms with van der Waals surface area (Å²) >= 11 is 6.70. The zero-order valence-corrected chi connectivity index (χ0v) is 15.4. The summed E-state index contributed by atoms with van der Waals surface area (Å²) in [5, 5.41) is 0. The van der Waals surface area contributed by atoms with Gasteiger partial charge in [0.1, 0.15) is 5.75 Å². The zero-order chi connectivity index (χ0) is 18.1. The van der Waals surface area contributed by atoms with E-state index < -0.39 is 0 Å². The van der Waals surface area contributed by atoms with Crippen molar-refractivity contribution in [3.8, 4) is 5.75 Å². The van der Waals surface area contributed by atoms with Crippen LogP contribution in [0.15, 0.2) is 59.8 Å². The van der Waals surface area contributed by atoms with Gasteiger partial charge in [-0.1, -0.05) is 42.2 Å². The number of carbonyl (C=O) groups excluding carboxylic acids is 1.